The summed E-state index contributed by atoms with van der Waals surface area (Å²) in [6, 6.07) is 0. The molecule has 0 atom stereocenters. The summed E-state index contributed by atoms with van der Waals surface area (Å²) in [4.78, 5) is 0. The molecule has 0 aromatic rings. The average Bonchev–Trinajstić information content (AvgIpc) is 1.87. The van der Waals surface area contributed by atoms with Gasteiger partial charge in [-0.3, -0.25) is 0 Å². The Morgan fingerprint density at radius 1 is 1.00 bits per heavy atom. The SMILES string of the molecule is CCOC(=S)[S-].CCOC(=S)[S-].[Ni+2]. The third-order valence-corrected chi connectivity index (χ3v) is 0.996. The minimum absolute atomic E-state index is 0. The van der Waals surface area contributed by atoms with E-state index in [9.17, 15) is 0 Å². The van der Waals surface area contributed by atoms with Crippen LogP contribution in [0.1, 0.15) is 13.8 Å². The smallest absolute Gasteiger partial charge is 0.514 e. The molecule has 0 unspecified atom stereocenters. The fourth-order valence-electron chi connectivity index (χ4n) is 0.236. The summed E-state index contributed by atoms with van der Waals surface area (Å²) in [5.41, 5.74) is 0. The average molecular weight is 301 g/mol. The Bertz CT molecular complexity index is 127. The molecule has 0 rings (SSSR count). The molecule has 0 bridgehead atoms. The van der Waals surface area contributed by atoms with Crippen molar-refractivity contribution in [2.24, 2.45) is 0 Å². The standard InChI is InChI=1S/2C3H6OS2.Ni/c2*1-2-4-3(5)6;/h2*2H2,1H3,(H,5,6);/q;;+2/p-2. The van der Waals surface area contributed by atoms with E-state index < -0.39 is 0 Å². The van der Waals surface area contributed by atoms with Gasteiger partial charge < -0.3 is 59.2 Å². The van der Waals surface area contributed by atoms with E-state index in [1.165, 1.54) is 0 Å². The topological polar surface area (TPSA) is 18.5 Å². The zero-order valence-electron chi connectivity index (χ0n) is 7.18. The minimum Gasteiger partial charge on any atom is -0.514 e. The maximum atomic E-state index is 4.59. The molecule has 0 aliphatic rings. The third-order valence-electron chi connectivity index (χ3n) is 0.524. The molecule has 80 valence electrons. The van der Waals surface area contributed by atoms with Gasteiger partial charge in [0.1, 0.15) is 0 Å². The van der Waals surface area contributed by atoms with Gasteiger partial charge in [-0.2, -0.15) is 0 Å². The summed E-state index contributed by atoms with van der Waals surface area (Å²) in [5, 5.41) is 0. The molecule has 0 amide bonds. The summed E-state index contributed by atoms with van der Waals surface area (Å²) >= 11 is 17.5. The van der Waals surface area contributed by atoms with Gasteiger partial charge in [0.25, 0.3) is 0 Å². The largest absolute Gasteiger partial charge is 2.00 e. The molecule has 0 spiro atoms. The van der Waals surface area contributed by atoms with E-state index in [1.54, 1.807) is 0 Å². The Morgan fingerprint density at radius 2 is 1.23 bits per heavy atom. The zero-order chi connectivity index (χ0) is 9.98. The van der Waals surface area contributed by atoms with Gasteiger partial charge in [-0.05, 0) is 13.8 Å². The van der Waals surface area contributed by atoms with E-state index in [0.29, 0.717) is 13.2 Å². The van der Waals surface area contributed by atoms with Gasteiger partial charge in [0.05, 0.1) is 13.2 Å². The van der Waals surface area contributed by atoms with Crippen LogP contribution in [-0.2, 0) is 51.2 Å². The molecular formula is C6H10NiO2S4. The van der Waals surface area contributed by atoms with E-state index >= 15 is 0 Å². The van der Waals surface area contributed by atoms with Crippen molar-refractivity contribution in [1.29, 1.82) is 0 Å². The predicted molar refractivity (Wildman–Crippen MR) is 63.2 cm³/mol. The van der Waals surface area contributed by atoms with Crippen molar-refractivity contribution < 1.29 is 26.0 Å². The monoisotopic (exact) mass is 300 g/mol. The first-order chi connectivity index (χ1) is 5.54. The van der Waals surface area contributed by atoms with Crippen LogP contribution in [0, 0.1) is 0 Å². The Kier molecular flexibility index (Phi) is 22.6. The van der Waals surface area contributed by atoms with Crippen LogP contribution in [0.15, 0.2) is 0 Å². The van der Waals surface area contributed by atoms with Gasteiger partial charge in [0.2, 0.25) is 0 Å². The fourth-order valence-corrected chi connectivity index (χ4v) is 0.707. The van der Waals surface area contributed by atoms with Gasteiger partial charge in [0, 0.05) is 8.77 Å². The second-order valence-electron chi connectivity index (χ2n) is 1.37. The van der Waals surface area contributed by atoms with Crippen molar-refractivity contribution in [3.05, 3.63) is 0 Å². The zero-order valence-corrected chi connectivity index (χ0v) is 11.4. The Hall–Kier alpha value is 0.714. The van der Waals surface area contributed by atoms with E-state index in [-0.39, 0.29) is 25.3 Å². The summed E-state index contributed by atoms with van der Waals surface area (Å²) in [6.45, 7) is 4.86. The molecule has 0 aliphatic heterocycles. The number of thiocarbonyl (C=S) groups is 2. The van der Waals surface area contributed by atoms with Crippen molar-refractivity contribution in [3.63, 3.8) is 0 Å². The molecule has 0 aliphatic carbocycles. The molecule has 2 nitrogen and oxygen atoms in total. The van der Waals surface area contributed by atoms with Gasteiger partial charge in [-0.15, -0.1) is 0 Å². The molecule has 0 fully saturated rings. The minimum atomic E-state index is 0. The summed E-state index contributed by atoms with van der Waals surface area (Å²) in [6.07, 6.45) is 0. The molecule has 7 heteroatoms. The van der Waals surface area contributed by atoms with Crippen LogP contribution >= 0.6 is 24.4 Å². The Morgan fingerprint density at radius 3 is 1.23 bits per heavy atom. The van der Waals surface area contributed by atoms with E-state index in [2.05, 4.69) is 59.2 Å². The van der Waals surface area contributed by atoms with Crippen LogP contribution in [-0.4, -0.2) is 22.0 Å². The van der Waals surface area contributed by atoms with Gasteiger partial charge in [-0.25, -0.2) is 0 Å². The van der Waals surface area contributed by atoms with E-state index in [1.807, 2.05) is 13.8 Å². The fraction of sp³-hybridized carbons (Fsp3) is 0.667. The molecule has 13 heavy (non-hydrogen) atoms. The van der Waals surface area contributed by atoms with Crippen LogP contribution in [0.4, 0.5) is 0 Å². The molecule has 0 N–H and O–H groups in total. The van der Waals surface area contributed by atoms with Crippen LogP contribution in [0.25, 0.3) is 0 Å². The molecular weight excluding hydrogens is 291 g/mol. The van der Waals surface area contributed by atoms with Crippen LogP contribution in [0.2, 0.25) is 0 Å². The van der Waals surface area contributed by atoms with Crippen molar-refractivity contribution >= 4 is 58.5 Å². The number of hydrogen-bond acceptors (Lipinski definition) is 6. The number of rotatable bonds is 2. The van der Waals surface area contributed by atoms with Crippen molar-refractivity contribution in [3.8, 4) is 0 Å². The molecule has 0 saturated carbocycles. The van der Waals surface area contributed by atoms with Crippen LogP contribution in [0.3, 0.4) is 0 Å². The quantitative estimate of drug-likeness (QED) is 0.436. The number of hydrogen-bond donors (Lipinski definition) is 0. The second-order valence-corrected chi connectivity index (χ2v) is 3.37. The predicted octanol–water partition coefficient (Wildman–Crippen LogP) is 1.71. The van der Waals surface area contributed by atoms with E-state index in [0.717, 1.165) is 0 Å². The molecule has 0 radical (unpaired) electrons. The maximum absolute atomic E-state index is 4.59. The van der Waals surface area contributed by atoms with Crippen LogP contribution < -0.4 is 0 Å². The van der Waals surface area contributed by atoms with Gasteiger partial charge in [-0.1, -0.05) is 0 Å². The first-order valence-electron chi connectivity index (χ1n) is 3.22. The molecule has 0 aromatic heterocycles. The van der Waals surface area contributed by atoms with Gasteiger partial charge in [0.15, 0.2) is 0 Å². The molecule has 0 saturated heterocycles. The summed E-state index contributed by atoms with van der Waals surface area (Å²) in [5.74, 6) is 0. The molecule has 0 aromatic carbocycles. The first kappa shape index (κ1) is 19.3. The third kappa shape index (κ3) is 32.4. The second kappa shape index (κ2) is 15.2. The van der Waals surface area contributed by atoms with E-state index in [4.69, 9.17) is 0 Å². The molecule has 0 heterocycles. The Labute approximate surface area is 111 Å². The van der Waals surface area contributed by atoms with Gasteiger partial charge >= 0.3 is 16.5 Å². The maximum Gasteiger partial charge on any atom is 2.00 e. The summed E-state index contributed by atoms with van der Waals surface area (Å²) < 4.78 is 9.59. The number of ether oxygens (including phenoxy) is 2. The van der Waals surface area contributed by atoms with Crippen LogP contribution in [0.5, 0.6) is 0 Å². The first-order valence-corrected chi connectivity index (χ1v) is 4.85. The van der Waals surface area contributed by atoms with Crippen molar-refractivity contribution in [2.75, 3.05) is 13.2 Å². The normalized spacial score (nSPS) is 6.92. The Balaban J connectivity index is -0.000000143. The van der Waals surface area contributed by atoms with Crippen molar-refractivity contribution in [2.45, 2.75) is 13.8 Å². The summed E-state index contributed by atoms with van der Waals surface area (Å²) in [7, 11) is 0. The van der Waals surface area contributed by atoms with Crippen molar-refractivity contribution in [1.82, 2.24) is 0 Å².